The first-order valence-electron chi connectivity index (χ1n) is 6.09. The third kappa shape index (κ3) is 2.92. The van der Waals surface area contributed by atoms with Gasteiger partial charge in [0.05, 0.1) is 11.0 Å². The van der Waals surface area contributed by atoms with Crippen LogP contribution in [0.25, 0.3) is 0 Å². The molecule has 0 spiro atoms. The summed E-state index contributed by atoms with van der Waals surface area (Å²) >= 11 is 0. The van der Waals surface area contributed by atoms with Crippen molar-refractivity contribution in [2.75, 3.05) is 12.8 Å². The van der Waals surface area contributed by atoms with Gasteiger partial charge in [0.1, 0.15) is 16.8 Å². The molecule has 114 valence electrons. The Morgan fingerprint density at radius 3 is 2.57 bits per heavy atom. The van der Waals surface area contributed by atoms with Gasteiger partial charge < -0.3 is 0 Å². The summed E-state index contributed by atoms with van der Waals surface area (Å²) in [6.07, 6.45) is 1.79. The van der Waals surface area contributed by atoms with Gasteiger partial charge in [0, 0.05) is 12.8 Å². The Balaban J connectivity index is 2.58. The van der Waals surface area contributed by atoms with Crippen LogP contribution in [0.3, 0.4) is 0 Å². The van der Waals surface area contributed by atoms with Crippen LogP contribution in [-0.2, 0) is 19.9 Å². The lowest BCUT2D eigenvalue weighted by Crippen LogP contribution is -2.35. The third-order valence-corrected chi connectivity index (χ3v) is 6.30. The molecule has 1 fully saturated rings. The van der Waals surface area contributed by atoms with E-state index in [-0.39, 0.29) is 11.4 Å². The number of nitriles is 1. The van der Waals surface area contributed by atoms with Crippen molar-refractivity contribution in [3.63, 3.8) is 0 Å². The summed E-state index contributed by atoms with van der Waals surface area (Å²) in [5.41, 5.74) is 0. The predicted molar refractivity (Wildman–Crippen MR) is 72.0 cm³/mol. The van der Waals surface area contributed by atoms with Gasteiger partial charge in [-0.25, -0.2) is 21.2 Å². The first-order chi connectivity index (χ1) is 9.67. The molecule has 0 radical (unpaired) electrons. The van der Waals surface area contributed by atoms with Crippen molar-refractivity contribution >= 4 is 19.9 Å². The maximum absolute atomic E-state index is 13.9. The van der Waals surface area contributed by atoms with Crippen molar-refractivity contribution in [3.8, 4) is 6.07 Å². The Labute approximate surface area is 122 Å². The molecule has 9 heteroatoms. The van der Waals surface area contributed by atoms with Crippen LogP contribution in [0.15, 0.2) is 28.0 Å². The van der Waals surface area contributed by atoms with Crippen LogP contribution >= 0.6 is 0 Å². The highest BCUT2D eigenvalue weighted by atomic mass is 32.2. The molecule has 1 unspecified atom stereocenters. The van der Waals surface area contributed by atoms with Gasteiger partial charge in [-0.3, -0.25) is 0 Å². The van der Waals surface area contributed by atoms with Crippen molar-refractivity contribution in [1.29, 1.82) is 5.26 Å². The quantitative estimate of drug-likeness (QED) is 0.767. The lowest BCUT2D eigenvalue weighted by atomic mass is 10.2. The van der Waals surface area contributed by atoms with E-state index in [4.69, 9.17) is 5.26 Å². The van der Waals surface area contributed by atoms with Crippen molar-refractivity contribution < 1.29 is 21.2 Å². The molecule has 0 N–H and O–H groups in total. The first kappa shape index (κ1) is 15.9. The summed E-state index contributed by atoms with van der Waals surface area (Å²) in [6, 6.07) is 3.62. The van der Waals surface area contributed by atoms with Gasteiger partial charge in [-0.05, 0) is 31.0 Å². The lowest BCUT2D eigenvalue weighted by molar-refractivity contribution is 0.432. The van der Waals surface area contributed by atoms with Gasteiger partial charge in [-0.1, -0.05) is 0 Å². The van der Waals surface area contributed by atoms with E-state index in [0.29, 0.717) is 12.8 Å². The minimum atomic E-state index is -4.24. The largest absolute Gasteiger partial charge is 0.247 e. The van der Waals surface area contributed by atoms with E-state index in [0.717, 1.165) is 28.8 Å². The van der Waals surface area contributed by atoms with Crippen LogP contribution in [0, 0.1) is 17.1 Å². The number of rotatable bonds is 3. The summed E-state index contributed by atoms with van der Waals surface area (Å²) in [5, 5.41) is 8.95. The van der Waals surface area contributed by atoms with E-state index in [1.807, 2.05) is 6.07 Å². The van der Waals surface area contributed by atoms with Gasteiger partial charge in [0.25, 0.3) is 0 Å². The molecule has 1 saturated heterocycles. The Kier molecular flexibility index (Phi) is 4.06. The van der Waals surface area contributed by atoms with E-state index in [1.165, 1.54) is 0 Å². The number of hydrogen-bond donors (Lipinski definition) is 0. The summed E-state index contributed by atoms with van der Waals surface area (Å²) in [7, 11) is -7.90. The van der Waals surface area contributed by atoms with Crippen LogP contribution in [0.1, 0.15) is 12.8 Å². The molecule has 0 saturated carbocycles. The van der Waals surface area contributed by atoms with Crippen molar-refractivity contribution in [2.45, 2.75) is 28.7 Å². The van der Waals surface area contributed by atoms with Crippen molar-refractivity contribution in [1.82, 2.24) is 4.31 Å². The number of sulfonamides is 1. The summed E-state index contributed by atoms with van der Waals surface area (Å²) < 4.78 is 62.6. The minimum Gasteiger partial charge on any atom is -0.224 e. The highest BCUT2D eigenvalue weighted by Crippen LogP contribution is 2.28. The Morgan fingerprint density at radius 1 is 1.33 bits per heavy atom. The van der Waals surface area contributed by atoms with Gasteiger partial charge in [0.2, 0.25) is 10.0 Å². The second-order valence-corrected chi connectivity index (χ2v) is 8.64. The van der Waals surface area contributed by atoms with E-state index < -0.39 is 36.6 Å². The molecular formula is C12H13FN2O4S2. The fourth-order valence-electron chi connectivity index (χ4n) is 2.20. The van der Waals surface area contributed by atoms with Crippen LogP contribution in [0.5, 0.6) is 0 Å². The molecular weight excluding hydrogens is 319 g/mol. The summed E-state index contributed by atoms with van der Waals surface area (Å²) in [5.74, 6) is -1.04. The molecule has 1 aliphatic rings. The fourth-order valence-corrected chi connectivity index (χ4v) is 4.62. The second kappa shape index (κ2) is 5.36. The Bertz CT molecular complexity index is 812. The lowest BCUT2D eigenvalue weighted by Gasteiger charge is -2.19. The van der Waals surface area contributed by atoms with E-state index in [2.05, 4.69) is 0 Å². The molecule has 2 rings (SSSR count). The van der Waals surface area contributed by atoms with Gasteiger partial charge in [0.15, 0.2) is 9.84 Å². The zero-order valence-corrected chi connectivity index (χ0v) is 12.8. The van der Waals surface area contributed by atoms with E-state index in [1.54, 1.807) is 0 Å². The molecule has 0 bridgehead atoms. The second-order valence-electron chi connectivity index (χ2n) is 4.77. The SMILES string of the molecule is CS(=O)(=O)c1ccc(F)c(S(=O)(=O)N2CCCC2C#N)c1. The van der Waals surface area contributed by atoms with Crippen LogP contribution in [-0.4, -0.2) is 40.0 Å². The third-order valence-electron chi connectivity index (χ3n) is 3.27. The average Bonchev–Trinajstić information content (AvgIpc) is 2.86. The summed E-state index contributed by atoms with van der Waals surface area (Å²) in [4.78, 5) is -0.997. The average molecular weight is 332 g/mol. The predicted octanol–water partition coefficient (Wildman–Crippen LogP) is 0.906. The van der Waals surface area contributed by atoms with E-state index >= 15 is 0 Å². The molecule has 1 aromatic carbocycles. The molecule has 0 aliphatic carbocycles. The standard InChI is InChI=1S/C12H13FN2O4S2/c1-20(16,17)10-4-5-11(13)12(7-10)21(18,19)15-6-2-3-9(15)8-14/h4-5,7,9H,2-3,6H2,1H3. The van der Waals surface area contributed by atoms with Gasteiger partial charge >= 0.3 is 0 Å². The van der Waals surface area contributed by atoms with Crippen LogP contribution in [0.2, 0.25) is 0 Å². The molecule has 1 heterocycles. The molecule has 6 nitrogen and oxygen atoms in total. The Hall–Kier alpha value is -1.50. The number of benzene rings is 1. The monoisotopic (exact) mass is 332 g/mol. The van der Waals surface area contributed by atoms with Crippen molar-refractivity contribution in [2.24, 2.45) is 0 Å². The molecule has 1 atom stereocenters. The number of hydrogen-bond acceptors (Lipinski definition) is 5. The highest BCUT2D eigenvalue weighted by molar-refractivity contribution is 7.91. The number of halogens is 1. The van der Waals surface area contributed by atoms with Crippen molar-refractivity contribution in [3.05, 3.63) is 24.0 Å². The van der Waals surface area contributed by atoms with Gasteiger partial charge in [-0.2, -0.15) is 9.57 Å². The highest BCUT2D eigenvalue weighted by Gasteiger charge is 2.37. The zero-order valence-electron chi connectivity index (χ0n) is 11.2. The molecule has 0 amide bonds. The zero-order chi connectivity index (χ0) is 15.8. The first-order valence-corrected chi connectivity index (χ1v) is 9.42. The normalized spacial score (nSPS) is 20.3. The van der Waals surface area contributed by atoms with Crippen LogP contribution < -0.4 is 0 Å². The maximum atomic E-state index is 13.9. The number of sulfone groups is 1. The van der Waals surface area contributed by atoms with E-state index in [9.17, 15) is 21.2 Å². The topological polar surface area (TPSA) is 95.3 Å². The molecule has 21 heavy (non-hydrogen) atoms. The van der Waals surface area contributed by atoms with Gasteiger partial charge in [-0.15, -0.1) is 0 Å². The smallest absolute Gasteiger partial charge is 0.224 e. The number of nitrogens with zero attached hydrogens (tertiary/aromatic N) is 2. The molecule has 0 aromatic heterocycles. The van der Waals surface area contributed by atoms with Crippen LogP contribution in [0.4, 0.5) is 4.39 Å². The minimum absolute atomic E-state index is 0.114. The molecule has 1 aromatic rings. The summed E-state index contributed by atoms with van der Waals surface area (Å²) in [6.45, 7) is 0.114. The maximum Gasteiger partial charge on any atom is 0.247 e. The fraction of sp³-hybridized carbons (Fsp3) is 0.417. The molecule has 1 aliphatic heterocycles. The Morgan fingerprint density at radius 2 is 2.00 bits per heavy atom.